The molecular formula is C14H23N. The largest absolute Gasteiger partial charge is 0.399 e. The van der Waals surface area contributed by atoms with E-state index in [0.29, 0.717) is 0 Å². The van der Waals surface area contributed by atoms with Gasteiger partial charge >= 0.3 is 0 Å². The summed E-state index contributed by atoms with van der Waals surface area (Å²) in [7, 11) is 0. The van der Waals surface area contributed by atoms with Gasteiger partial charge in [-0.25, -0.2) is 0 Å². The molecule has 1 unspecified atom stereocenters. The first kappa shape index (κ1) is 12.1. The van der Waals surface area contributed by atoms with Gasteiger partial charge in [-0.2, -0.15) is 0 Å². The highest BCUT2D eigenvalue weighted by Crippen LogP contribution is 2.20. The van der Waals surface area contributed by atoms with Crippen molar-refractivity contribution in [2.45, 2.75) is 40.0 Å². The molecule has 0 aliphatic heterocycles. The highest BCUT2D eigenvalue weighted by Gasteiger charge is 2.09. The summed E-state index contributed by atoms with van der Waals surface area (Å²) in [6.07, 6.45) is 3.78. The van der Waals surface area contributed by atoms with Crippen LogP contribution < -0.4 is 5.73 Å². The van der Waals surface area contributed by atoms with Crippen molar-refractivity contribution < 1.29 is 0 Å². The van der Waals surface area contributed by atoms with E-state index in [0.717, 1.165) is 17.5 Å². The minimum Gasteiger partial charge on any atom is -0.399 e. The fourth-order valence-corrected chi connectivity index (χ4v) is 2.05. The van der Waals surface area contributed by atoms with Gasteiger partial charge in [0.15, 0.2) is 0 Å². The van der Waals surface area contributed by atoms with Gasteiger partial charge in [-0.1, -0.05) is 39.3 Å². The Bertz CT molecular complexity index is 274. The summed E-state index contributed by atoms with van der Waals surface area (Å²) in [5, 5.41) is 0. The Morgan fingerprint density at radius 3 is 2.20 bits per heavy atom. The lowest BCUT2D eigenvalue weighted by molar-refractivity contribution is 0.397. The number of anilines is 1. The molecule has 2 N–H and O–H groups in total. The van der Waals surface area contributed by atoms with Crippen LogP contribution in [0, 0.1) is 11.8 Å². The molecule has 0 aliphatic rings. The molecule has 1 rings (SSSR count). The monoisotopic (exact) mass is 205 g/mol. The molecule has 0 fully saturated rings. The van der Waals surface area contributed by atoms with Crippen LogP contribution in [0.4, 0.5) is 5.69 Å². The number of hydrogen-bond donors (Lipinski definition) is 1. The number of nitrogen functional groups attached to an aromatic ring is 1. The first-order chi connectivity index (χ1) is 7.11. The van der Waals surface area contributed by atoms with E-state index < -0.39 is 0 Å². The van der Waals surface area contributed by atoms with Gasteiger partial charge in [0.1, 0.15) is 0 Å². The first-order valence-electron chi connectivity index (χ1n) is 5.96. The standard InChI is InChI=1S/C14H23N/c1-4-12(9-11(2)3)10-13-5-7-14(15)8-6-13/h5-8,11-12H,4,9-10,15H2,1-3H3. The molecule has 0 aromatic heterocycles. The molecule has 1 nitrogen and oxygen atoms in total. The van der Waals surface area contributed by atoms with E-state index in [-0.39, 0.29) is 0 Å². The minimum atomic E-state index is 0.795. The molecule has 0 bridgehead atoms. The van der Waals surface area contributed by atoms with Crippen molar-refractivity contribution in [3.05, 3.63) is 29.8 Å². The van der Waals surface area contributed by atoms with Gasteiger partial charge in [0.2, 0.25) is 0 Å². The van der Waals surface area contributed by atoms with Gasteiger partial charge < -0.3 is 5.73 Å². The summed E-state index contributed by atoms with van der Waals surface area (Å²) in [4.78, 5) is 0. The third kappa shape index (κ3) is 4.37. The molecule has 0 saturated carbocycles. The van der Waals surface area contributed by atoms with Crippen LogP contribution in [-0.2, 0) is 6.42 Å². The summed E-state index contributed by atoms with van der Waals surface area (Å²) < 4.78 is 0. The average molecular weight is 205 g/mol. The van der Waals surface area contributed by atoms with Crippen molar-refractivity contribution in [3.8, 4) is 0 Å². The maximum atomic E-state index is 5.67. The quantitative estimate of drug-likeness (QED) is 0.725. The Hall–Kier alpha value is -0.980. The molecule has 1 aromatic rings. The third-order valence-corrected chi connectivity index (χ3v) is 2.89. The minimum absolute atomic E-state index is 0.795. The summed E-state index contributed by atoms with van der Waals surface area (Å²) in [5.74, 6) is 1.61. The predicted molar refractivity (Wildman–Crippen MR) is 67.8 cm³/mol. The lowest BCUT2D eigenvalue weighted by Gasteiger charge is -2.17. The zero-order chi connectivity index (χ0) is 11.3. The van der Waals surface area contributed by atoms with E-state index >= 15 is 0 Å². The molecule has 0 radical (unpaired) electrons. The Balaban J connectivity index is 2.54. The van der Waals surface area contributed by atoms with Gasteiger partial charge in [0, 0.05) is 5.69 Å². The topological polar surface area (TPSA) is 26.0 Å². The van der Waals surface area contributed by atoms with Crippen LogP contribution in [0.3, 0.4) is 0 Å². The summed E-state index contributed by atoms with van der Waals surface area (Å²) in [5.41, 5.74) is 7.94. The van der Waals surface area contributed by atoms with Gasteiger partial charge in [-0.15, -0.1) is 0 Å². The second-order valence-corrected chi connectivity index (χ2v) is 4.85. The summed E-state index contributed by atoms with van der Waals surface area (Å²) in [6, 6.07) is 8.30. The Morgan fingerprint density at radius 1 is 1.13 bits per heavy atom. The number of hydrogen-bond acceptors (Lipinski definition) is 1. The number of nitrogens with two attached hydrogens (primary N) is 1. The Morgan fingerprint density at radius 2 is 1.73 bits per heavy atom. The van der Waals surface area contributed by atoms with Gasteiger partial charge in [-0.05, 0) is 42.4 Å². The Kier molecular flexibility index (Phi) is 4.67. The highest BCUT2D eigenvalue weighted by molar-refractivity contribution is 5.39. The SMILES string of the molecule is CCC(Cc1ccc(N)cc1)CC(C)C. The molecule has 1 aromatic carbocycles. The molecule has 1 heteroatoms. The first-order valence-corrected chi connectivity index (χ1v) is 5.96. The van der Waals surface area contributed by atoms with Crippen molar-refractivity contribution in [2.75, 3.05) is 5.73 Å². The van der Waals surface area contributed by atoms with Crippen LogP contribution in [0.25, 0.3) is 0 Å². The molecule has 84 valence electrons. The van der Waals surface area contributed by atoms with Crippen molar-refractivity contribution in [2.24, 2.45) is 11.8 Å². The predicted octanol–water partition coefficient (Wildman–Crippen LogP) is 3.88. The summed E-state index contributed by atoms with van der Waals surface area (Å²) in [6.45, 7) is 6.88. The van der Waals surface area contributed by atoms with Gasteiger partial charge in [0.05, 0.1) is 0 Å². The van der Waals surface area contributed by atoms with Crippen molar-refractivity contribution in [1.29, 1.82) is 0 Å². The Labute approximate surface area is 93.7 Å². The van der Waals surface area contributed by atoms with Crippen LogP contribution >= 0.6 is 0 Å². The molecule has 0 amide bonds. The van der Waals surface area contributed by atoms with Crippen LogP contribution in [0.15, 0.2) is 24.3 Å². The average Bonchev–Trinajstić information content (AvgIpc) is 2.19. The third-order valence-electron chi connectivity index (χ3n) is 2.89. The highest BCUT2D eigenvalue weighted by atomic mass is 14.5. The second kappa shape index (κ2) is 5.79. The molecule has 0 spiro atoms. The van der Waals surface area contributed by atoms with Crippen molar-refractivity contribution >= 4 is 5.69 Å². The zero-order valence-electron chi connectivity index (χ0n) is 10.2. The van der Waals surface area contributed by atoms with E-state index in [1.165, 1.54) is 24.8 Å². The van der Waals surface area contributed by atoms with E-state index in [1.54, 1.807) is 0 Å². The lowest BCUT2D eigenvalue weighted by Crippen LogP contribution is -2.07. The fourth-order valence-electron chi connectivity index (χ4n) is 2.05. The normalized spacial score (nSPS) is 13.1. The molecule has 0 saturated heterocycles. The fraction of sp³-hybridized carbons (Fsp3) is 0.571. The van der Waals surface area contributed by atoms with E-state index in [9.17, 15) is 0 Å². The number of rotatable bonds is 5. The lowest BCUT2D eigenvalue weighted by atomic mass is 9.89. The molecule has 0 heterocycles. The molecular weight excluding hydrogens is 182 g/mol. The van der Waals surface area contributed by atoms with Crippen LogP contribution in [0.2, 0.25) is 0 Å². The summed E-state index contributed by atoms with van der Waals surface area (Å²) >= 11 is 0. The maximum Gasteiger partial charge on any atom is 0.0314 e. The van der Waals surface area contributed by atoms with Crippen LogP contribution in [0.1, 0.15) is 39.2 Å². The molecule has 0 aliphatic carbocycles. The maximum absolute atomic E-state index is 5.67. The van der Waals surface area contributed by atoms with Gasteiger partial charge in [-0.3, -0.25) is 0 Å². The van der Waals surface area contributed by atoms with E-state index in [2.05, 4.69) is 32.9 Å². The molecule has 15 heavy (non-hydrogen) atoms. The van der Waals surface area contributed by atoms with Gasteiger partial charge in [0.25, 0.3) is 0 Å². The van der Waals surface area contributed by atoms with E-state index in [1.807, 2.05) is 12.1 Å². The zero-order valence-corrected chi connectivity index (χ0v) is 10.2. The van der Waals surface area contributed by atoms with E-state index in [4.69, 9.17) is 5.73 Å². The van der Waals surface area contributed by atoms with Crippen LogP contribution in [0.5, 0.6) is 0 Å². The molecule has 1 atom stereocenters. The number of benzene rings is 1. The van der Waals surface area contributed by atoms with Crippen LogP contribution in [-0.4, -0.2) is 0 Å². The van der Waals surface area contributed by atoms with Crippen molar-refractivity contribution in [1.82, 2.24) is 0 Å². The van der Waals surface area contributed by atoms with Crippen molar-refractivity contribution in [3.63, 3.8) is 0 Å². The second-order valence-electron chi connectivity index (χ2n) is 4.85. The smallest absolute Gasteiger partial charge is 0.0314 e.